The van der Waals surface area contributed by atoms with Crippen LogP contribution in [0.2, 0.25) is 0 Å². The van der Waals surface area contributed by atoms with Gasteiger partial charge in [0.15, 0.2) is 0 Å². The van der Waals surface area contributed by atoms with Crippen LogP contribution in [-0.2, 0) is 0 Å². The molecule has 2 aromatic rings. The highest BCUT2D eigenvalue weighted by Crippen LogP contribution is 2.29. The number of hydrogen-bond acceptors (Lipinski definition) is 4. The Kier molecular flexibility index (Phi) is 4.42. The van der Waals surface area contributed by atoms with Crippen molar-refractivity contribution in [3.63, 3.8) is 0 Å². The van der Waals surface area contributed by atoms with Crippen molar-refractivity contribution in [2.75, 3.05) is 19.5 Å². The van der Waals surface area contributed by atoms with Crippen LogP contribution in [0.3, 0.4) is 0 Å². The lowest BCUT2D eigenvalue weighted by Crippen LogP contribution is -2.11. The maximum atomic E-state index is 5.72. The first-order valence-corrected chi connectivity index (χ1v) is 6.44. The van der Waals surface area contributed by atoms with Crippen molar-refractivity contribution in [3.05, 3.63) is 48.0 Å². The number of nitrogens with one attached hydrogen (secondary N) is 1. The molecule has 0 bridgehead atoms. The highest BCUT2D eigenvalue weighted by molar-refractivity contribution is 7.80. The van der Waals surface area contributed by atoms with E-state index in [-0.39, 0.29) is 0 Å². The molecule has 4 nitrogen and oxygen atoms in total. The number of thiocarbonyl (C=S) groups is 1. The molecule has 0 aliphatic carbocycles. The number of para-hydroxylation sites is 1. The minimum atomic E-state index is 0.350. The summed E-state index contributed by atoms with van der Waals surface area (Å²) in [6.07, 6.45) is 0. The molecule has 0 aliphatic rings. The van der Waals surface area contributed by atoms with Gasteiger partial charge in [0.1, 0.15) is 16.5 Å². The lowest BCUT2D eigenvalue weighted by Gasteiger charge is -2.13. The van der Waals surface area contributed by atoms with Crippen molar-refractivity contribution < 1.29 is 9.47 Å². The van der Waals surface area contributed by atoms with E-state index in [2.05, 4.69) is 5.32 Å². The van der Waals surface area contributed by atoms with Gasteiger partial charge in [0, 0.05) is 35.1 Å². The summed E-state index contributed by atoms with van der Waals surface area (Å²) in [4.78, 5) is 0.350. The molecule has 0 saturated carbocycles. The highest BCUT2D eigenvalue weighted by atomic mass is 32.1. The zero-order valence-electron chi connectivity index (χ0n) is 11.3. The van der Waals surface area contributed by atoms with Gasteiger partial charge in [-0.3, -0.25) is 0 Å². The van der Waals surface area contributed by atoms with Crippen molar-refractivity contribution in [1.82, 2.24) is 0 Å². The minimum Gasteiger partial charge on any atom is -0.497 e. The fourth-order valence-electron chi connectivity index (χ4n) is 1.84. The van der Waals surface area contributed by atoms with Gasteiger partial charge >= 0.3 is 0 Å². The van der Waals surface area contributed by atoms with Crippen molar-refractivity contribution in [2.24, 2.45) is 5.73 Å². The third-order valence-corrected chi connectivity index (χ3v) is 3.04. The van der Waals surface area contributed by atoms with Crippen LogP contribution in [0.1, 0.15) is 5.56 Å². The Hall–Kier alpha value is -2.27. The number of rotatable bonds is 5. The van der Waals surface area contributed by atoms with Gasteiger partial charge in [0.05, 0.1) is 14.2 Å². The van der Waals surface area contributed by atoms with E-state index in [1.807, 2.05) is 42.5 Å². The first-order valence-electron chi connectivity index (χ1n) is 6.03. The molecule has 0 saturated heterocycles. The zero-order chi connectivity index (χ0) is 14.5. The van der Waals surface area contributed by atoms with Gasteiger partial charge in [-0.15, -0.1) is 0 Å². The van der Waals surface area contributed by atoms with Crippen LogP contribution in [0.4, 0.5) is 11.4 Å². The summed E-state index contributed by atoms with van der Waals surface area (Å²) in [7, 11) is 3.23. The van der Waals surface area contributed by atoms with Crippen LogP contribution in [0.25, 0.3) is 0 Å². The van der Waals surface area contributed by atoms with E-state index < -0.39 is 0 Å². The smallest absolute Gasteiger partial charge is 0.124 e. The lowest BCUT2D eigenvalue weighted by molar-refractivity contribution is 0.395. The van der Waals surface area contributed by atoms with E-state index in [0.717, 1.165) is 16.9 Å². The average Bonchev–Trinajstić information content (AvgIpc) is 2.47. The Morgan fingerprint density at radius 1 is 1.05 bits per heavy atom. The van der Waals surface area contributed by atoms with Gasteiger partial charge in [-0.1, -0.05) is 24.4 Å². The van der Waals surface area contributed by atoms with E-state index in [0.29, 0.717) is 16.5 Å². The van der Waals surface area contributed by atoms with Gasteiger partial charge in [0.25, 0.3) is 0 Å². The van der Waals surface area contributed by atoms with Gasteiger partial charge in [0.2, 0.25) is 0 Å². The van der Waals surface area contributed by atoms with Gasteiger partial charge in [-0.05, 0) is 12.1 Å². The molecule has 20 heavy (non-hydrogen) atoms. The standard InChI is InChI=1S/C15H16N2O2S/c1-18-11-7-10(8-12(9-11)19-2)17-14-6-4-3-5-13(14)15(16)20/h3-9,17H,1-2H3,(H2,16,20). The molecule has 0 fully saturated rings. The third-order valence-electron chi connectivity index (χ3n) is 2.82. The largest absolute Gasteiger partial charge is 0.497 e. The lowest BCUT2D eigenvalue weighted by atomic mass is 10.1. The number of anilines is 2. The number of nitrogens with two attached hydrogens (primary N) is 1. The highest BCUT2D eigenvalue weighted by Gasteiger charge is 2.07. The van der Waals surface area contributed by atoms with Crippen molar-refractivity contribution in [2.45, 2.75) is 0 Å². The van der Waals surface area contributed by atoms with Crippen LogP contribution in [0.5, 0.6) is 11.5 Å². The molecule has 0 amide bonds. The van der Waals surface area contributed by atoms with E-state index in [9.17, 15) is 0 Å². The molecule has 0 aliphatic heterocycles. The molecule has 2 rings (SSSR count). The molecule has 0 heterocycles. The first-order chi connectivity index (χ1) is 9.63. The number of ether oxygens (including phenoxy) is 2. The summed E-state index contributed by atoms with van der Waals surface area (Å²) in [5.74, 6) is 1.42. The Labute approximate surface area is 123 Å². The summed E-state index contributed by atoms with van der Waals surface area (Å²) in [5, 5.41) is 3.28. The fraction of sp³-hybridized carbons (Fsp3) is 0.133. The van der Waals surface area contributed by atoms with E-state index in [4.69, 9.17) is 27.4 Å². The summed E-state index contributed by atoms with van der Waals surface area (Å²) < 4.78 is 10.5. The van der Waals surface area contributed by atoms with Gasteiger partial charge in [-0.2, -0.15) is 0 Å². The van der Waals surface area contributed by atoms with Crippen molar-refractivity contribution in [3.8, 4) is 11.5 Å². The second-order valence-electron chi connectivity index (χ2n) is 4.14. The van der Waals surface area contributed by atoms with Crippen molar-refractivity contribution >= 4 is 28.6 Å². The quantitative estimate of drug-likeness (QED) is 0.828. The summed E-state index contributed by atoms with van der Waals surface area (Å²) in [6.45, 7) is 0. The third kappa shape index (κ3) is 3.19. The zero-order valence-corrected chi connectivity index (χ0v) is 12.2. The van der Waals surface area contributed by atoms with E-state index >= 15 is 0 Å². The summed E-state index contributed by atoms with van der Waals surface area (Å²) in [6, 6.07) is 13.2. The maximum Gasteiger partial charge on any atom is 0.124 e. The fourth-order valence-corrected chi connectivity index (χ4v) is 2.02. The second-order valence-corrected chi connectivity index (χ2v) is 4.58. The maximum absolute atomic E-state index is 5.72. The monoisotopic (exact) mass is 288 g/mol. The first kappa shape index (κ1) is 14.1. The molecule has 2 aromatic carbocycles. The van der Waals surface area contributed by atoms with Crippen LogP contribution < -0.4 is 20.5 Å². The predicted molar refractivity (Wildman–Crippen MR) is 85.2 cm³/mol. The van der Waals surface area contributed by atoms with Crippen LogP contribution in [0.15, 0.2) is 42.5 Å². The molecule has 0 spiro atoms. The Balaban J connectivity index is 2.37. The average molecular weight is 288 g/mol. The number of methoxy groups -OCH3 is 2. The van der Waals surface area contributed by atoms with E-state index in [1.165, 1.54) is 0 Å². The topological polar surface area (TPSA) is 56.5 Å². The van der Waals surface area contributed by atoms with Crippen LogP contribution in [0, 0.1) is 0 Å². The molecule has 0 atom stereocenters. The Morgan fingerprint density at radius 2 is 1.65 bits per heavy atom. The summed E-state index contributed by atoms with van der Waals surface area (Å²) in [5.41, 5.74) is 8.20. The number of hydrogen-bond donors (Lipinski definition) is 2. The van der Waals surface area contributed by atoms with E-state index in [1.54, 1.807) is 14.2 Å². The SMILES string of the molecule is COc1cc(Nc2ccccc2C(N)=S)cc(OC)c1. The Morgan fingerprint density at radius 3 is 2.20 bits per heavy atom. The minimum absolute atomic E-state index is 0.350. The second kappa shape index (κ2) is 6.25. The molecular formula is C15H16N2O2S. The van der Waals surface area contributed by atoms with Crippen LogP contribution >= 0.6 is 12.2 Å². The normalized spacial score (nSPS) is 9.90. The Bertz CT molecular complexity index is 607. The van der Waals surface area contributed by atoms with Crippen molar-refractivity contribution in [1.29, 1.82) is 0 Å². The molecule has 104 valence electrons. The number of benzene rings is 2. The molecule has 0 aromatic heterocycles. The molecular weight excluding hydrogens is 272 g/mol. The summed E-state index contributed by atoms with van der Waals surface area (Å²) >= 11 is 5.05. The van der Waals surface area contributed by atoms with Gasteiger partial charge < -0.3 is 20.5 Å². The molecule has 0 radical (unpaired) electrons. The predicted octanol–water partition coefficient (Wildman–Crippen LogP) is 3.08. The molecule has 3 N–H and O–H groups in total. The molecule has 0 unspecified atom stereocenters. The van der Waals surface area contributed by atoms with Crippen LogP contribution in [-0.4, -0.2) is 19.2 Å². The molecule has 5 heteroatoms. The van der Waals surface area contributed by atoms with Gasteiger partial charge in [-0.25, -0.2) is 0 Å².